The number of ether oxygens (including phenoxy) is 2. The van der Waals surface area contributed by atoms with Gasteiger partial charge in [-0.05, 0) is 48.0 Å². The van der Waals surface area contributed by atoms with Crippen LogP contribution in [0.3, 0.4) is 0 Å². The van der Waals surface area contributed by atoms with Crippen LogP contribution >= 0.6 is 0 Å². The lowest BCUT2D eigenvalue weighted by molar-refractivity contribution is -1.02. The van der Waals surface area contributed by atoms with Crippen molar-refractivity contribution in [3.63, 3.8) is 0 Å². The minimum absolute atomic E-state index is 0.0708. The Morgan fingerprint density at radius 1 is 0.935 bits per heavy atom. The zero-order chi connectivity index (χ0) is 21.2. The molecule has 0 spiro atoms. The maximum Gasteiger partial charge on any atom is 0.282 e. The van der Waals surface area contributed by atoms with Crippen molar-refractivity contribution in [2.75, 3.05) is 38.3 Å². The van der Waals surface area contributed by atoms with Gasteiger partial charge in [0, 0.05) is 11.3 Å². The van der Waals surface area contributed by atoms with Gasteiger partial charge in [-0.3, -0.25) is 4.79 Å². The Kier molecular flexibility index (Phi) is 5.49. The second-order valence-electron chi connectivity index (χ2n) is 8.55. The summed E-state index contributed by atoms with van der Waals surface area (Å²) in [5.41, 5.74) is 2.13. The third-order valence-corrected chi connectivity index (χ3v) is 6.51. The van der Waals surface area contributed by atoms with Crippen LogP contribution in [-0.2, 0) is 11.3 Å². The zero-order valence-corrected chi connectivity index (χ0v) is 17.8. The van der Waals surface area contributed by atoms with Crippen molar-refractivity contribution in [2.45, 2.75) is 19.5 Å². The molecule has 0 bridgehead atoms. The number of benzene rings is 3. The molecule has 0 unspecified atom stereocenters. The lowest BCUT2D eigenvalue weighted by Gasteiger charge is -2.32. The predicted octanol–water partition coefficient (Wildman–Crippen LogP) is 0.879. The number of quaternary nitrogens is 2. The van der Waals surface area contributed by atoms with Crippen molar-refractivity contribution in [2.24, 2.45) is 0 Å². The molecule has 3 aromatic carbocycles. The standard InChI is InChI=1S/C25H27N3O3/c1-18(25(29)26-22-8-7-20-4-2-3-5-21(20)15-22)28-12-10-27(11-13-28)16-19-6-9-23-24(14-19)31-17-30-23/h2-9,14-15,18H,10-13,16-17H2,1H3,(H,26,29)/p+2/t18-/m0/s1. The summed E-state index contributed by atoms with van der Waals surface area (Å²) in [6.07, 6.45) is 0. The van der Waals surface area contributed by atoms with Gasteiger partial charge in [0.1, 0.15) is 32.7 Å². The number of hydrogen-bond donors (Lipinski definition) is 3. The second-order valence-corrected chi connectivity index (χ2v) is 8.55. The van der Waals surface area contributed by atoms with Gasteiger partial charge in [-0.15, -0.1) is 0 Å². The first kappa shape index (κ1) is 19.8. The van der Waals surface area contributed by atoms with Gasteiger partial charge in [-0.1, -0.05) is 30.3 Å². The summed E-state index contributed by atoms with van der Waals surface area (Å²) in [7, 11) is 0. The SMILES string of the molecule is C[C@@H](C(=O)Nc1ccc2ccccc2c1)[NH+]1CC[NH+](Cc2ccc3c(c2)OCO3)CC1. The van der Waals surface area contributed by atoms with Crippen LogP contribution < -0.4 is 24.6 Å². The van der Waals surface area contributed by atoms with E-state index in [1.165, 1.54) is 15.8 Å². The smallest absolute Gasteiger partial charge is 0.282 e. The number of piperazine rings is 1. The van der Waals surface area contributed by atoms with Crippen LogP contribution in [-0.4, -0.2) is 44.9 Å². The fraction of sp³-hybridized carbons (Fsp3) is 0.320. The second kappa shape index (κ2) is 8.57. The van der Waals surface area contributed by atoms with Crippen LogP contribution in [0.1, 0.15) is 12.5 Å². The Morgan fingerprint density at radius 3 is 2.55 bits per heavy atom. The van der Waals surface area contributed by atoms with Crippen LogP contribution in [0.25, 0.3) is 10.8 Å². The molecule has 0 aliphatic carbocycles. The van der Waals surface area contributed by atoms with E-state index in [-0.39, 0.29) is 11.9 Å². The number of anilines is 1. The normalized spacial score (nSPS) is 21.1. The quantitative estimate of drug-likeness (QED) is 0.576. The van der Waals surface area contributed by atoms with E-state index in [4.69, 9.17) is 9.47 Å². The molecule has 6 heteroatoms. The molecule has 1 fully saturated rings. The molecular weight excluding hydrogens is 390 g/mol. The number of carbonyl (C=O) groups is 1. The molecule has 1 atom stereocenters. The van der Waals surface area contributed by atoms with Gasteiger partial charge in [0.25, 0.3) is 5.91 Å². The van der Waals surface area contributed by atoms with E-state index in [1.807, 2.05) is 37.3 Å². The summed E-state index contributed by atoms with van der Waals surface area (Å²) in [6, 6.07) is 20.4. The third kappa shape index (κ3) is 4.36. The van der Waals surface area contributed by atoms with Crippen LogP contribution in [0.5, 0.6) is 11.5 Å². The first-order valence-corrected chi connectivity index (χ1v) is 11.0. The minimum atomic E-state index is -0.0708. The summed E-state index contributed by atoms with van der Waals surface area (Å²) in [6.45, 7) is 7.41. The first-order valence-electron chi connectivity index (χ1n) is 11.0. The van der Waals surface area contributed by atoms with E-state index in [2.05, 4.69) is 35.6 Å². The van der Waals surface area contributed by atoms with Crippen LogP contribution in [0.2, 0.25) is 0 Å². The Labute approximate surface area is 182 Å². The van der Waals surface area contributed by atoms with E-state index in [1.54, 1.807) is 4.90 Å². The summed E-state index contributed by atoms with van der Waals surface area (Å²) in [4.78, 5) is 15.8. The van der Waals surface area contributed by atoms with Crippen LogP contribution in [0, 0.1) is 0 Å². The molecule has 160 valence electrons. The lowest BCUT2D eigenvalue weighted by Crippen LogP contribution is -3.29. The van der Waals surface area contributed by atoms with Gasteiger partial charge >= 0.3 is 0 Å². The molecule has 1 amide bonds. The largest absolute Gasteiger partial charge is 0.454 e. The minimum Gasteiger partial charge on any atom is -0.454 e. The maximum atomic E-state index is 12.9. The molecule has 0 saturated carbocycles. The van der Waals surface area contributed by atoms with Gasteiger partial charge in [-0.25, -0.2) is 0 Å². The van der Waals surface area contributed by atoms with Crippen molar-refractivity contribution in [1.82, 2.24) is 0 Å². The topological polar surface area (TPSA) is 56.4 Å². The van der Waals surface area contributed by atoms with Gasteiger partial charge < -0.3 is 24.6 Å². The monoisotopic (exact) mass is 419 g/mol. The van der Waals surface area contributed by atoms with E-state index < -0.39 is 0 Å². The summed E-state index contributed by atoms with van der Waals surface area (Å²) < 4.78 is 10.9. The number of fused-ring (bicyclic) bond motifs is 2. The number of amides is 1. The highest BCUT2D eigenvalue weighted by atomic mass is 16.7. The van der Waals surface area contributed by atoms with Crippen LogP contribution in [0.4, 0.5) is 5.69 Å². The molecule has 1 saturated heterocycles. The zero-order valence-electron chi connectivity index (χ0n) is 17.8. The molecule has 3 aromatic rings. The number of rotatable bonds is 5. The Balaban J connectivity index is 1.14. The van der Waals surface area contributed by atoms with Crippen molar-refractivity contribution in [3.05, 3.63) is 66.2 Å². The van der Waals surface area contributed by atoms with Crippen molar-refractivity contribution < 1.29 is 24.1 Å². The molecule has 2 heterocycles. The molecule has 3 N–H and O–H groups in total. The highest BCUT2D eigenvalue weighted by Crippen LogP contribution is 2.32. The summed E-state index contributed by atoms with van der Waals surface area (Å²) in [5, 5.41) is 5.43. The van der Waals surface area contributed by atoms with Gasteiger partial charge in [0.05, 0.1) is 0 Å². The molecule has 6 nitrogen and oxygen atoms in total. The molecular formula is C25H29N3O3+2. The number of carbonyl (C=O) groups excluding carboxylic acids is 1. The Morgan fingerprint density at radius 2 is 1.71 bits per heavy atom. The fourth-order valence-corrected chi connectivity index (χ4v) is 4.58. The van der Waals surface area contributed by atoms with Gasteiger partial charge in [-0.2, -0.15) is 0 Å². The third-order valence-electron chi connectivity index (χ3n) is 6.51. The van der Waals surface area contributed by atoms with E-state index in [0.29, 0.717) is 6.79 Å². The Bertz CT molecular complexity index is 1090. The predicted molar refractivity (Wildman–Crippen MR) is 120 cm³/mol. The molecule has 0 radical (unpaired) electrons. The van der Waals surface area contributed by atoms with Crippen LogP contribution in [0.15, 0.2) is 60.7 Å². The lowest BCUT2D eigenvalue weighted by atomic mass is 10.1. The van der Waals surface area contributed by atoms with Gasteiger partial charge in [0.15, 0.2) is 17.5 Å². The molecule has 2 aliphatic heterocycles. The molecule has 31 heavy (non-hydrogen) atoms. The van der Waals surface area contributed by atoms with Crippen molar-refractivity contribution in [1.29, 1.82) is 0 Å². The number of nitrogens with one attached hydrogen (secondary N) is 3. The molecule has 0 aromatic heterocycles. The van der Waals surface area contributed by atoms with Gasteiger partial charge in [0.2, 0.25) is 6.79 Å². The van der Waals surface area contributed by atoms with E-state index in [9.17, 15) is 4.79 Å². The van der Waals surface area contributed by atoms with Crippen molar-refractivity contribution >= 4 is 22.4 Å². The fourth-order valence-electron chi connectivity index (χ4n) is 4.58. The Hall–Kier alpha value is -3.09. The van der Waals surface area contributed by atoms with E-state index in [0.717, 1.165) is 55.3 Å². The molecule has 5 rings (SSSR count). The number of hydrogen-bond acceptors (Lipinski definition) is 3. The summed E-state index contributed by atoms with van der Waals surface area (Å²) >= 11 is 0. The highest BCUT2D eigenvalue weighted by Gasteiger charge is 2.31. The van der Waals surface area contributed by atoms with E-state index >= 15 is 0 Å². The average molecular weight is 420 g/mol. The first-order chi connectivity index (χ1) is 15.2. The van der Waals surface area contributed by atoms with Crippen molar-refractivity contribution in [3.8, 4) is 11.5 Å². The summed E-state index contributed by atoms with van der Waals surface area (Å²) in [5.74, 6) is 1.77. The highest BCUT2D eigenvalue weighted by molar-refractivity contribution is 5.96. The maximum absolute atomic E-state index is 12.9. The molecule has 2 aliphatic rings. The average Bonchev–Trinajstić information content (AvgIpc) is 3.27.